The van der Waals surface area contributed by atoms with Crippen LogP contribution in [-0.2, 0) is 12.0 Å². The second-order valence-electron chi connectivity index (χ2n) is 4.66. The van der Waals surface area contributed by atoms with Crippen LogP contribution in [0.25, 0.3) is 0 Å². The molecule has 0 aromatic heterocycles. The minimum absolute atomic E-state index is 0.123. The summed E-state index contributed by atoms with van der Waals surface area (Å²) < 4.78 is 27.2. The van der Waals surface area contributed by atoms with Crippen molar-refractivity contribution in [2.24, 2.45) is 0 Å². The lowest BCUT2D eigenvalue weighted by molar-refractivity contribution is 0.0557. The molecule has 1 unspecified atom stereocenters. The van der Waals surface area contributed by atoms with Crippen molar-refractivity contribution in [1.29, 1.82) is 0 Å². The first-order valence-corrected chi connectivity index (χ1v) is 6.19. The fraction of sp³-hybridized carbons (Fsp3) is 0.200. The minimum atomic E-state index is -1.37. The van der Waals surface area contributed by atoms with Crippen LogP contribution >= 0.6 is 11.6 Å². The lowest BCUT2D eigenvalue weighted by Gasteiger charge is -2.24. The maximum Gasteiger partial charge on any atom is 0.129 e. The minimum Gasteiger partial charge on any atom is -0.385 e. The SMILES string of the molecule is CC(O)(Cc1c(F)cccc1F)c1ccc(Cl)cc1. The Morgan fingerprint density at radius 2 is 1.58 bits per heavy atom. The summed E-state index contributed by atoms with van der Waals surface area (Å²) >= 11 is 5.77. The maximum atomic E-state index is 13.6. The van der Waals surface area contributed by atoms with Gasteiger partial charge in [0.2, 0.25) is 0 Å². The summed E-state index contributed by atoms with van der Waals surface area (Å²) in [6.07, 6.45) is -0.146. The Morgan fingerprint density at radius 1 is 1.05 bits per heavy atom. The zero-order chi connectivity index (χ0) is 14.0. The van der Waals surface area contributed by atoms with E-state index in [1.165, 1.54) is 25.1 Å². The molecule has 2 rings (SSSR count). The van der Waals surface area contributed by atoms with E-state index in [0.717, 1.165) is 0 Å². The van der Waals surface area contributed by atoms with Crippen molar-refractivity contribution >= 4 is 11.6 Å². The summed E-state index contributed by atoms with van der Waals surface area (Å²) in [6, 6.07) is 10.2. The van der Waals surface area contributed by atoms with Crippen LogP contribution in [0.3, 0.4) is 0 Å². The van der Waals surface area contributed by atoms with Gasteiger partial charge in [-0.2, -0.15) is 0 Å². The molecule has 4 heteroatoms. The highest BCUT2D eigenvalue weighted by Crippen LogP contribution is 2.28. The third-order valence-corrected chi connectivity index (χ3v) is 3.30. The van der Waals surface area contributed by atoms with Gasteiger partial charge in [0.15, 0.2) is 0 Å². The molecule has 0 aliphatic carbocycles. The molecule has 1 N–H and O–H groups in total. The Hall–Kier alpha value is -1.45. The van der Waals surface area contributed by atoms with Gasteiger partial charge in [0.05, 0.1) is 5.60 Å². The Morgan fingerprint density at radius 3 is 2.11 bits per heavy atom. The predicted octanol–water partition coefficient (Wildman–Crippen LogP) is 4.07. The molecule has 0 fully saturated rings. The van der Waals surface area contributed by atoms with Crippen molar-refractivity contribution in [2.75, 3.05) is 0 Å². The van der Waals surface area contributed by atoms with E-state index in [1.807, 2.05) is 0 Å². The molecule has 2 aromatic carbocycles. The standard InChI is InChI=1S/C15H13ClF2O/c1-15(19,10-5-7-11(16)8-6-10)9-12-13(17)3-2-4-14(12)18/h2-8,19H,9H2,1H3. The van der Waals surface area contributed by atoms with Crippen molar-refractivity contribution in [3.05, 3.63) is 70.2 Å². The van der Waals surface area contributed by atoms with E-state index in [9.17, 15) is 13.9 Å². The molecule has 0 radical (unpaired) electrons. The zero-order valence-corrected chi connectivity index (χ0v) is 11.1. The number of rotatable bonds is 3. The van der Waals surface area contributed by atoms with Crippen LogP contribution in [0.15, 0.2) is 42.5 Å². The lowest BCUT2D eigenvalue weighted by Crippen LogP contribution is -2.25. The van der Waals surface area contributed by atoms with E-state index in [0.29, 0.717) is 10.6 Å². The third kappa shape index (κ3) is 3.11. The summed E-state index contributed by atoms with van der Waals surface area (Å²) in [6.45, 7) is 1.52. The molecule has 19 heavy (non-hydrogen) atoms. The van der Waals surface area contributed by atoms with Gasteiger partial charge in [0.1, 0.15) is 11.6 Å². The van der Waals surface area contributed by atoms with Gasteiger partial charge in [-0.1, -0.05) is 29.8 Å². The molecule has 1 atom stereocenters. The van der Waals surface area contributed by atoms with Crippen LogP contribution in [0.5, 0.6) is 0 Å². The second kappa shape index (κ2) is 5.27. The summed E-state index contributed by atoms with van der Waals surface area (Å²) in [5.74, 6) is -1.32. The molecule has 2 aromatic rings. The monoisotopic (exact) mass is 282 g/mol. The summed E-state index contributed by atoms with van der Waals surface area (Å²) in [5, 5.41) is 10.9. The largest absolute Gasteiger partial charge is 0.385 e. The fourth-order valence-electron chi connectivity index (χ4n) is 1.96. The van der Waals surface area contributed by atoms with E-state index in [4.69, 9.17) is 11.6 Å². The number of hydrogen-bond acceptors (Lipinski definition) is 1. The average Bonchev–Trinajstić information content (AvgIpc) is 2.35. The van der Waals surface area contributed by atoms with Crippen molar-refractivity contribution in [2.45, 2.75) is 18.9 Å². The van der Waals surface area contributed by atoms with Crippen LogP contribution in [0.2, 0.25) is 5.02 Å². The van der Waals surface area contributed by atoms with Crippen molar-refractivity contribution in [3.63, 3.8) is 0 Å². The molecule has 0 aliphatic heterocycles. The molecule has 0 aliphatic rings. The van der Waals surface area contributed by atoms with Crippen molar-refractivity contribution in [3.8, 4) is 0 Å². The van der Waals surface area contributed by atoms with Crippen molar-refractivity contribution in [1.82, 2.24) is 0 Å². The number of aliphatic hydroxyl groups is 1. The molecular formula is C15H13ClF2O. The average molecular weight is 283 g/mol. The molecule has 0 saturated heterocycles. The predicted molar refractivity (Wildman–Crippen MR) is 71.1 cm³/mol. The van der Waals surface area contributed by atoms with Gasteiger partial charge < -0.3 is 5.11 Å². The van der Waals surface area contributed by atoms with E-state index in [-0.39, 0.29) is 12.0 Å². The second-order valence-corrected chi connectivity index (χ2v) is 5.09. The Bertz CT molecular complexity index is 559. The van der Waals surface area contributed by atoms with Crippen LogP contribution in [-0.4, -0.2) is 5.11 Å². The first-order valence-electron chi connectivity index (χ1n) is 5.81. The molecule has 0 bridgehead atoms. The van der Waals surface area contributed by atoms with E-state index in [2.05, 4.69) is 0 Å². The molecule has 0 amide bonds. The molecule has 0 spiro atoms. The van der Waals surface area contributed by atoms with Gasteiger partial charge in [0, 0.05) is 17.0 Å². The van der Waals surface area contributed by atoms with Gasteiger partial charge in [-0.25, -0.2) is 8.78 Å². The first-order chi connectivity index (χ1) is 8.90. The normalized spacial score (nSPS) is 14.2. The highest BCUT2D eigenvalue weighted by molar-refractivity contribution is 6.30. The van der Waals surface area contributed by atoms with E-state index >= 15 is 0 Å². The highest BCUT2D eigenvalue weighted by Gasteiger charge is 2.26. The van der Waals surface area contributed by atoms with E-state index < -0.39 is 17.2 Å². The third-order valence-electron chi connectivity index (χ3n) is 3.05. The van der Waals surface area contributed by atoms with Crippen LogP contribution in [0.1, 0.15) is 18.1 Å². The summed E-state index contributed by atoms with van der Waals surface area (Å²) in [4.78, 5) is 0. The van der Waals surface area contributed by atoms with Gasteiger partial charge >= 0.3 is 0 Å². The van der Waals surface area contributed by atoms with Crippen LogP contribution in [0.4, 0.5) is 8.78 Å². The Labute approximate surface area is 115 Å². The quantitative estimate of drug-likeness (QED) is 0.900. The Balaban J connectivity index is 2.33. The molecule has 0 heterocycles. The maximum absolute atomic E-state index is 13.6. The van der Waals surface area contributed by atoms with Crippen LogP contribution in [0, 0.1) is 11.6 Å². The number of hydrogen-bond donors (Lipinski definition) is 1. The molecule has 100 valence electrons. The van der Waals surface area contributed by atoms with Gasteiger partial charge in [-0.15, -0.1) is 0 Å². The van der Waals surface area contributed by atoms with Gasteiger partial charge in [0.25, 0.3) is 0 Å². The fourth-order valence-corrected chi connectivity index (χ4v) is 2.08. The van der Waals surface area contributed by atoms with E-state index in [1.54, 1.807) is 24.3 Å². The van der Waals surface area contributed by atoms with Crippen molar-refractivity contribution < 1.29 is 13.9 Å². The van der Waals surface area contributed by atoms with Gasteiger partial charge in [-0.3, -0.25) is 0 Å². The smallest absolute Gasteiger partial charge is 0.129 e. The van der Waals surface area contributed by atoms with Gasteiger partial charge in [-0.05, 0) is 36.8 Å². The topological polar surface area (TPSA) is 20.2 Å². The molecule has 1 nitrogen and oxygen atoms in total. The molecule has 0 saturated carbocycles. The number of halogens is 3. The molecular weight excluding hydrogens is 270 g/mol. The summed E-state index contributed by atoms with van der Waals surface area (Å²) in [7, 11) is 0. The lowest BCUT2D eigenvalue weighted by atomic mass is 9.89. The highest BCUT2D eigenvalue weighted by atomic mass is 35.5. The Kier molecular flexibility index (Phi) is 3.88. The first kappa shape index (κ1) is 14.0. The zero-order valence-electron chi connectivity index (χ0n) is 10.3. The van der Waals surface area contributed by atoms with Crippen LogP contribution < -0.4 is 0 Å². The summed E-state index contributed by atoms with van der Waals surface area (Å²) in [5.41, 5.74) is -0.935. The number of benzene rings is 2.